The number of aromatic nitrogens is 2. The van der Waals surface area contributed by atoms with Gasteiger partial charge in [0, 0.05) is 18.1 Å². The third-order valence-corrected chi connectivity index (χ3v) is 4.80. The van der Waals surface area contributed by atoms with Crippen molar-refractivity contribution < 1.29 is 14.1 Å². The van der Waals surface area contributed by atoms with Crippen LogP contribution in [0, 0.1) is 24.0 Å². The van der Waals surface area contributed by atoms with Crippen LogP contribution in [0.5, 0.6) is 0 Å². The summed E-state index contributed by atoms with van der Waals surface area (Å²) in [5, 5.41) is 17.6. The van der Waals surface area contributed by atoms with E-state index in [1.807, 2.05) is 19.1 Å². The molecule has 1 atom stereocenters. The molecule has 8 nitrogen and oxygen atoms in total. The number of nitrogens with one attached hydrogen (secondary N) is 1. The molecule has 1 aliphatic heterocycles. The molecule has 2 aromatic rings. The Hall–Kier alpha value is -2.29. The molecular formula is C14H16N4O4S. The second-order valence-corrected chi connectivity index (χ2v) is 6.49. The molecule has 9 heteroatoms. The van der Waals surface area contributed by atoms with Crippen LogP contribution in [0.3, 0.4) is 0 Å². The van der Waals surface area contributed by atoms with E-state index in [0.29, 0.717) is 18.1 Å². The van der Waals surface area contributed by atoms with E-state index in [1.165, 1.54) is 6.92 Å². The standard InChI is InChI=1S/C14H16N4O4S/c1-8-3-4-11(22-8)10-7-23-6-5-17(10)14(19)12-13(18(20)21)9(2)15-16-12/h3-4,10H,5-7H2,1-2H3,(H,15,16). The summed E-state index contributed by atoms with van der Waals surface area (Å²) in [5.41, 5.74) is -0.134. The molecule has 1 unspecified atom stereocenters. The Kier molecular flexibility index (Phi) is 4.12. The molecule has 1 fully saturated rings. The number of thioether (sulfide) groups is 1. The fraction of sp³-hybridized carbons (Fsp3) is 0.429. The number of carbonyl (C=O) groups is 1. The molecule has 0 radical (unpaired) electrons. The molecule has 0 bridgehead atoms. The van der Waals surface area contributed by atoms with Crippen LogP contribution in [0.15, 0.2) is 16.5 Å². The lowest BCUT2D eigenvalue weighted by Crippen LogP contribution is -2.41. The van der Waals surface area contributed by atoms with Gasteiger partial charge < -0.3 is 9.32 Å². The van der Waals surface area contributed by atoms with E-state index in [0.717, 1.165) is 11.5 Å². The average molecular weight is 336 g/mol. The number of hydrogen-bond acceptors (Lipinski definition) is 6. The van der Waals surface area contributed by atoms with Gasteiger partial charge in [0.1, 0.15) is 17.2 Å². The highest BCUT2D eigenvalue weighted by molar-refractivity contribution is 7.99. The molecule has 1 N–H and O–H groups in total. The van der Waals surface area contributed by atoms with Gasteiger partial charge in [-0.2, -0.15) is 16.9 Å². The van der Waals surface area contributed by atoms with Crippen molar-refractivity contribution in [1.29, 1.82) is 0 Å². The topological polar surface area (TPSA) is 105 Å². The SMILES string of the molecule is Cc1ccc(C2CSCCN2C(=O)c2n[nH]c(C)c2[N+](=O)[O-])o1. The van der Waals surface area contributed by atoms with Gasteiger partial charge in [0.05, 0.1) is 11.0 Å². The van der Waals surface area contributed by atoms with Gasteiger partial charge in [0.2, 0.25) is 5.69 Å². The fourth-order valence-corrected chi connectivity index (χ4v) is 3.71. The number of carbonyl (C=O) groups excluding carboxylic acids is 1. The smallest absolute Gasteiger partial charge is 0.322 e. The van der Waals surface area contributed by atoms with Crippen LogP contribution in [-0.2, 0) is 0 Å². The molecule has 23 heavy (non-hydrogen) atoms. The van der Waals surface area contributed by atoms with E-state index < -0.39 is 10.8 Å². The van der Waals surface area contributed by atoms with Gasteiger partial charge in [0.25, 0.3) is 5.91 Å². The Morgan fingerprint density at radius 2 is 2.30 bits per heavy atom. The second kappa shape index (κ2) is 6.07. The lowest BCUT2D eigenvalue weighted by atomic mass is 10.2. The van der Waals surface area contributed by atoms with E-state index in [4.69, 9.17) is 4.42 Å². The zero-order valence-corrected chi connectivity index (χ0v) is 13.6. The lowest BCUT2D eigenvalue weighted by molar-refractivity contribution is -0.385. The highest BCUT2D eigenvalue weighted by Crippen LogP contribution is 2.33. The summed E-state index contributed by atoms with van der Waals surface area (Å²) in [5.74, 6) is 2.48. The predicted molar refractivity (Wildman–Crippen MR) is 84.5 cm³/mol. The first-order valence-electron chi connectivity index (χ1n) is 7.13. The molecule has 122 valence electrons. The van der Waals surface area contributed by atoms with Crippen molar-refractivity contribution in [2.75, 3.05) is 18.1 Å². The Morgan fingerprint density at radius 1 is 1.52 bits per heavy atom. The monoisotopic (exact) mass is 336 g/mol. The van der Waals surface area contributed by atoms with E-state index in [1.54, 1.807) is 16.7 Å². The number of aromatic amines is 1. The zero-order chi connectivity index (χ0) is 16.6. The van der Waals surface area contributed by atoms with Gasteiger partial charge in [-0.25, -0.2) is 0 Å². The Balaban J connectivity index is 1.95. The van der Waals surface area contributed by atoms with Crippen molar-refractivity contribution in [2.24, 2.45) is 0 Å². The molecule has 1 aliphatic rings. The van der Waals surface area contributed by atoms with E-state index in [2.05, 4.69) is 10.2 Å². The molecule has 0 aromatic carbocycles. The number of hydrogen-bond donors (Lipinski definition) is 1. The molecule has 0 spiro atoms. The largest absolute Gasteiger partial charge is 0.464 e. The van der Waals surface area contributed by atoms with Gasteiger partial charge in [-0.05, 0) is 26.0 Å². The Morgan fingerprint density at radius 3 is 2.96 bits per heavy atom. The molecular weight excluding hydrogens is 320 g/mol. The van der Waals surface area contributed by atoms with Crippen LogP contribution in [0.25, 0.3) is 0 Å². The zero-order valence-electron chi connectivity index (χ0n) is 12.7. The van der Waals surface area contributed by atoms with Gasteiger partial charge in [-0.15, -0.1) is 0 Å². The second-order valence-electron chi connectivity index (χ2n) is 5.34. The highest BCUT2D eigenvalue weighted by Gasteiger charge is 2.36. The minimum atomic E-state index is -0.573. The first-order valence-corrected chi connectivity index (χ1v) is 8.29. The normalized spacial score (nSPS) is 18.2. The fourth-order valence-electron chi connectivity index (χ4n) is 2.65. The molecule has 2 aromatic heterocycles. The third-order valence-electron chi connectivity index (χ3n) is 3.78. The third kappa shape index (κ3) is 2.83. The number of rotatable bonds is 3. The van der Waals surface area contributed by atoms with Gasteiger partial charge >= 0.3 is 5.69 Å². The summed E-state index contributed by atoms with van der Waals surface area (Å²) >= 11 is 1.72. The van der Waals surface area contributed by atoms with Crippen molar-refractivity contribution in [1.82, 2.24) is 15.1 Å². The molecule has 1 saturated heterocycles. The molecule has 0 saturated carbocycles. The number of H-pyrrole nitrogens is 1. The number of nitrogens with zero attached hydrogens (tertiary/aromatic N) is 3. The van der Waals surface area contributed by atoms with E-state index in [-0.39, 0.29) is 23.1 Å². The summed E-state index contributed by atoms with van der Waals surface area (Å²) in [6.45, 7) is 3.87. The number of nitro groups is 1. The first-order chi connectivity index (χ1) is 11.0. The van der Waals surface area contributed by atoms with Gasteiger partial charge in [0.15, 0.2) is 0 Å². The van der Waals surface area contributed by atoms with Crippen LogP contribution >= 0.6 is 11.8 Å². The molecule has 1 amide bonds. The molecule has 3 heterocycles. The van der Waals surface area contributed by atoms with Crippen LogP contribution in [-0.4, -0.2) is 44.0 Å². The summed E-state index contributed by atoms with van der Waals surface area (Å²) in [7, 11) is 0. The van der Waals surface area contributed by atoms with Gasteiger partial charge in [-0.1, -0.05) is 0 Å². The quantitative estimate of drug-likeness (QED) is 0.682. The minimum absolute atomic E-state index is 0.146. The van der Waals surface area contributed by atoms with Crippen LogP contribution in [0.4, 0.5) is 5.69 Å². The summed E-state index contributed by atoms with van der Waals surface area (Å²) < 4.78 is 5.65. The number of aryl methyl sites for hydroxylation is 2. The van der Waals surface area contributed by atoms with Crippen molar-refractivity contribution in [3.63, 3.8) is 0 Å². The van der Waals surface area contributed by atoms with Crippen LogP contribution in [0.2, 0.25) is 0 Å². The Bertz CT molecular complexity index is 754. The maximum Gasteiger partial charge on any atom is 0.322 e. The van der Waals surface area contributed by atoms with Crippen molar-refractivity contribution in [2.45, 2.75) is 19.9 Å². The van der Waals surface area contributed by atoms with Crippen LogP contribution in [0.1, 0.15) is 33.7 Å². The first kappa shape index (κ1) is 15.6. The Labute approximate surface area is 136 Å². The summed E-state index contributed by atoms with van der Waals surface area (Å²) in [4.78, 5) is 25.1. The van der Waals surface area contributed by atoms with Gasteiger partial charge in [-0.3, -0.25) is 20.0 Å². The van der Waals surface area contributed by atoms with E-state index >= 15 is 0 Å². The number of furan rings is 1. The summed E-state index contributed by atoms with van der Waals surface area (Å²) in [6.07, 6.45) is 0. The van der Waals surface area contributed by atoms with Crippen molar-refractivity contribution >= 4 is 23.4 Å². The highest BCUT2D eigenvalue weighted by atomic mass is 32.2. The van der Waals surface area contributed by atoms with Crippen molar-refractivity contribution in [3.8, 4) is 0 Å². The average Bonchev–Trinajstić information content (AvgIpc) is 3.12. The maximum atomic E-state index is 12.8. The number of amides is 1. The molecule has 0 aliphatic carbocycles. The molecule has 3 rings (SSSR count). The predicted octanol–water partition coefficient (Wildman–Crippen LogP) is 2.46. The van der Waals surface area contributed by atoms with Crippen LogP contribution < -0.4 is 0 Å². The van der Waals surface area contributed by atoms with Crippen molar-refractivity contribution in [3.05, 3.63) is 45.2 Å². The maximum absolute atomic E-state index is 12.8. The summed E-state index contributed by atoms with van der Waals surface area (Å²) in [6, 6.07) is 3.45. The van der Waals surface area contributed by atoms with E-state index in [9.17, 15) is 14.9 Å². The minimum Gasteiger partial charge on any atom is -0.464 e. The lowest BCUT2D eigenvalue weighted by Gasteiger charge is -2.33.